The number of aromatic amines is 1. The van der Waals surface area contributed by atoms with E-state index in [0.717, 1.165) is 90.8 Å². The van der Waals surface area contributed by atoms with Gasteiger partial charge in [-0.3, -0.25) is 10.00 Å². The number of ether oxygens (including phenoxy) is 1. The average molecular weight is 459 g/mol. The van der Waals surface area contributed by atoms with E-state index in [-0.39, 0.29) is 5.60 Å². The van der Waals surface area contributed by atoms with Crippen LogP contribution in [-0.2, 0) is 23.4 Å². The lowest BCUT2D eigenvalue weighted by molar-refractivity contribution is -0.0671. The van der Waals surface area contributed by atoms with Crippen LogP contribution in [0.15, 0.2) is 36.5 Å². The van der Waals surface area contributed by atoms with Crippen LogP contribution >= 0.6 is 0 Å². The van der Waals surface area contributed by atoms with Crippen LogP contribution in [0.3, 0.4) is 0 Å². The molecule has 1 N–H and O–H groups in total. The van der Waals surface area contributed by atoms with Crippen LogP contribution in [0.1, 0.15) is 30.1 Å². The number of nitrogens with zero attached hydrogens (tertiary/aromatic N) is 7. The summed E-state index contributed by atoms with van der Waals surface area (Å²) in [4.78, 5) is 14.2. The Hall–Kier alpha value is -3.30. The Kier molecular flexibility index (Phi) is 5.11. The Morgan fingerprint density at radius 3 is 2.74 bits per heavy atom. The third-order valence-electron chi connectivity index (χ3n) is 7.42. The molecule has 0 radical (unpaired) electrons. The summed E-state index contributed by atoms with van der Waals surface area (Å²) >= 11 is 0. The molecular formula is C25H30N8O. The second kappa shape index (κ2) is 8.18. The van der Waals surface area contributed by atoms with Crippen molar-refractivity contribution in [2.75, 3.05) is 38.7 Å². The maximum absolute atomic E-state index is 6.12. The van der Waals surface area contributed by atoms with Crippen molar-refractivity contribution < 1.29 is 4.74 Å². The van der Waals surface area contributed by atoms with Gasteiger partial charge in [0.05, 0.1) is 41.8 Å². The van der Waals surface area contributed by atoms with Gasteiger partial charge in [0.2, 0.25) is 0 Å². The second-order valence-electron chi connectivity index (χ2n) is 9.41. The number of nitrogens with one attached hydrogen (secondary N) is 1. The Morgan fingerprint density at radius 1 is 1.09 bits per heavy atom. The normalized spacial score (nSPS) is 18.0. The molecule has 2 aliphatic heterocycles. The smallest absolute Gasteiger partial charge is 0.143 e. The summed E-state index contributed by atoms with van der Waals surface area (Å²) in [5, 5.41) is 13.6. The molecule has 0 spiro atoms. The molecule has 0 amide bonds. The number of anilines is 1. The summed E-state index contributed by atoms with van der Waals surface area (Å²) in [7, 11) is 3.90. The van der Waals surface area contributed by atoms with Gasteiger partial charge in [-0.25, -0.2) is 14.6 Å². The number of hydrogen-bond donors (Lipinski definition) is 1. The zero-order valence-electron chi connectivity index (χ0n) is 20.0. The number of aromatic nitrogens is 6. The molecule has 0 aliphatic carbocycles. The van der Waals surface area contributed by atoms with Crippen molar-refractivity contribution in [3.05, 3.63) is 53.7 Å². The molecule has 0 saturated carbocycles. The number of aryl methyl sites for hydroxylation is 1. The summed E-state index contributed by atoms with van der Waals surface area (Å²) in [5.74, 6) is 2.01. The molecule has 176 valence electrons. The molecule has 1 aromatic carbocycles. The van der Waals surface area contributed by atoms with E-state index in [2.05, 4.69) is 57.3 Å². The highest BCUT2D eigenvalue weighted by Crippen LogP contribution is 2.39. The van der Waals surface area contributed by atoms with Crippen LogP contribution in [0.4, 0.5) is 5.82 Å². The highest BCUT2D eigenvalue weighted by atomic mass is 16.5. The molecule has 2 aliphatic rings. The first kappa shape index (κ1) is 21.2. The average Bonchev–Trinajstić information content (AvgIpc) is 3.58. The second-order valence-corrected chi connectivity index (χ2v) is 9.41. The zero-order chi connectivity index (χ0) is 23.3. The molecule has 5 heterocycles. The Labute approximate surface area is 198 Å². The van der Waals surface area contributed by atoms with Crippen molar-refractivity contribution in [3.8, 4) is 11.3 Å². The molecule has 6 rings (SSSR count). The number of H-pyrrole nitrogens is 1. The van der Waals surface area contributed by atoms with E-state index < -0.39 is 0 Å². The number of methoxy groups -OCH3 is 1. The van der Waals surface area contributed by atoms with Gasteiger partial charge in [0, 0.05) is 44.9 Å². The Balaban J connectivity index is 1.18. The fourth-order valence-corrected chi connectivity index (χ4v) is 5.39. The molecule has 9 heteroatoms. The van der Waals surface area contributed by atoms with E-state index in [9.17, 15) is 0 Å². The first-order valence-corrected chi connectivity index (χ1v) is 11.9. The number of piperidine rings is 1. The highest BCUT2D eigenvalue weighted by Gasteiger charge is 2.38. The Morgan fingerprint density at radius 2 is 1.91 bits per heavy atom. The van der Waals surface area contributed by atoms with E-state index in [0.29, 0.717) is 0 Å². The number of likely N-dealkylation sites (N-methyl/N-ethyl adjacent to an activating group) is 1. The number of hydrogen-bond acceptors (Lipinski definition) is 7. The number of rotatable bonds is 5. The van der Waals surface area contributed by atoms with Crippen LogP contribution in [0.2, 0.25) is 0 Å². The van der Waals surface area contributed by atoms with Crippen LogP contribution < -0.4 is 4.90 Å². The van der Waals surface area contributed by atoms with Crippen LogP contribution in [0.5, 0.6) is 0 Å². The van der Waals surface area contributed by atoms with Crippen molar-refractivity contribution in [2.45, 2.75) is 38.5 Å². The summed E-state index contributed by atoms with van der Waals surface area (Å²) in [6, 6.07) is 10.3. The molecule has 4 aromatic rings. The fourth-order valence-electron chi connectivity index (χ4n) is 5.39. The third kappa shape index (κ3) is 3.47. The number of benzene rings is 1. The van der Waals surface area contributed by atoms with Gasteiger partial charge in [-0.05, 0) is 31.9 Å². The van der Waals surface area contributed by atoms with Gasteiger partial charge in [0.25, 0.3) is 0 Å². The van der Waals surface area contributed by atoms with Gasteiger partial charge in [-0.2, -0.15) is 10.2 Å². The van der Waals surface area contributed by atoms with Crippen molar-refractivity contribution in [3.63, 3.8) is 0 Å². The number of fused-ring (bicyclic) bond motifs is 2. The first-order valence-electron chi connectivity index (χ1n) is 11.9. The molecule has 0 atom stereocenters. The molecule has 1 fully saturated rings. The van der Waals surface area contributed by atoms with Crippen molar-refractivity contribution in [1.29, 1.82) is 0 Å². The monoisotopic (exact) mass is 458 g/mol. The lowest BCUT2D eigenvalue weighted by Gasteiger charge is -2.39. The summed E-state index contributed by atoms with van der Waals surface area (Å²) < 4.78 is 8.17. The predicted octanol–water partition coefficient (Wildman–Crippen LogP) is 3.11. The van der Waals surface area contributed by atoms with Gasteiger partial charge < -0.3 is 9.64 Å². The van der Waals surface area contributed by atoms with Gasteiger partial charge in [-0.15, -0.1) is 0 Å². The molecule has 34 heavy (non-hydrogen) atoms. The van der Waals surface area contributed by atoms with Crippen molar-refractivity contribution in [1.82, 2.24) is 34.8 Å². The summed E-state index contributed by atoms with van der Waals surface area (Å²) in [6.45, 7) is 6.51. The summed E-state index contributed by atoms with van der Waals surface area (Å²) in [5.41, 5.74) is 4.69. The minimum Gasteiger partial charge on any atom is -0.372 e. The van der Waals surface area contributed by atoms with Crippen molar-refractivity contribution in [2.24, 2.45) is 0 Å². The minimum atomic E-state index is -0.371. The molecule has 0 unspecified atom stereocenters. The molecule has 3 aromatic heterocycles. The van der Waals surface area contributed by atoms with Gasteiger partial charge in [0.15, 0.2) is 0 Å². The standard InChI is InChI=1S/C25H30N8O/c1-17-18-6-4-5-7-20(18)28-23(27-17)16-32-10-8-25(34-3,9-11-32)22-14-21(29-30-22)19-15-26-33-13-12-31(2)24(19)33/h4-7,14-15H,8-13,16H2,1-3H3,(H,29,30). The quantitative estimate of drug-likeness (QED) is 0.492. The lowest BCUT2D eigenvalue weighted by Crippen LogP contribution is -2.43. The molecule has 0 bridgehead atoms. The van der Waals surface area contributed by atoms with Crippen molar-refractivity contribution >= 4 is 16.7 Å². The molecule has 1 saturated heterocycles. The minimum absolute atomic E-state index is 0.371. The van der Waals surface area contributed by atoms with E-state index in [1.165, 1.54) is 0 Å². The number of para-hydroxylation sites is 1. The lowest BCUT2D eigenvalue weighted by atomic mass is 9.87. The zero-order valence-corrected chi connectivity index (χ0v) is 20.0. The summed E-state index contributed by atoms with van der Waals surface area (Å²) in [6.07, 6.45) is 3.67. The maximum Gasteiger partial charge on any atom is 0.143 e. The largest absolute Gasteiger partial charge is 0.372 e. The third-order valence-corrected chi connectivity index (χ3v) is 7.42. The molecule has 9 nitrogen and oxygen atoms in total. The van der Waals surface area contributed by atoms with Crippen LogP contribution in [0, 0.1) is 6.92 Å². The topological polar surface area (TPSA) is 88.0 Å². The van der Waals surface area contributed by atoms with Gasteiger partial charge >= 0.3 is 0 Å². The SMILES string of the molecule is COC1(c2cc(-c3cnn4c3N(C)CC4)n[nH]2)CCN(Cc2nc(C)c3ccccc3n2)CC1. The van der Waals surface area contributed by atoms with E-state index in [1.54, 1.807) is 7.11 Å². The first-order chi connectivity index (χ1) is 16.6. The Bertz CT molecular complexity index is 1330. The van der Waals surface area contributed by atoms with E-state index in [4.69, 9.17) is 14.7 Å². The van der Waals surface area contributed by atoms with Gasteiger partial charge in [0.1, 0.15) is 17.2 Å². The van der Waals surface area contributed by atoms with Crippen LogP contribution in [0.25, 0.3) is 22.2 Å². The van der Waals surface area contributed by atoms with Gasteiger partial charge in [-0.1, -0.05) is 18.2 Å². The number of likely N-dealkylation sites (tertiary alicyclic amines) is 1. The van der Waals surface area contributed by atoms with E-state index in [1.807, 2.05) is 23.0 Å². The van der Waals surface area contributed by atoms with Crippen LogP contribution in [-0.4, -0.2) is 68.6 Å². The highest BCUT2D eigenvalue weighted by molar-refractivity contribution is 5.80. The molecular weight excluding hydrogens is 428 g/mol. The predicted molar refractivity (Wildman–Crippen MR) is 131 cm³/mol. The fraction of sp³-hybridized carbons (Fsp3) is 0.440. The van der Waals surface area contributed by atoms with E-state index >= 15 is 0 Å². The maximum atomic E-state index is 6.12.